The van der Waals surface area contributed by atoms with Crippen molar-refractivity contribution in [3.63, 3.8) is 0 Å². The van der Waals surface area contributed by atoms with E-state index in [0.717, 1.165) is 12.1 Å². The van der Waals surface area contributed by atoms with Crippen LogP contribution < -0.4 is 16.4 Å². The number of nitrogens with two attached hydrogens (primary N) is 1. The zero-order valence-corrected chi connectivity index (χ0v) is 25.1. The molecule has 0 bridgehead atoms. The van der Waals surface area contributed by atoms with Gasteiger partial charge >= 0.3 is 12.2 Å². The fourth-order valence-corrected chi connectivity index (χ4v) is 7.02. The number of fused-ring (bicyclic) bond motifs is 3. The maximum Gasteiger partial charge on any atom is 0.418 e. The van der Waals surface area contributed by atoms with Gasteiger partial charge in [0.05, 0.1) is 40.6 Å². The first kappa shape index (κ1) is 32.8. The van der Waals surface area contributed by atoms with Crippen molar-refractivity contribution in [1.29, 1.82) is 0 Å². The fourth-order valence-electron chi connectivity index (χ4n) is 6.85. The molecule has 3 aliphatic rings. The highest BCUT2D eigenvalue weighted by Gasteiger charge is 2.59. The van der Waals surface area contributed by atoms with Gasteiger partial charge in [-0.25, -0.2) is 4.79 Å². The Bertz CT molecular complexity index is 1770. The average Bonchev–Trinajstić information content (AvgIpc) is 2.94. The number of carbonyl (C=O) groups excluding carboxylic acids is 4. The Labute approximate surface area is 263 Å². The molecule has 0 radical (unpaired) electrons. The topological polar surface area (TPSA) is 203 Å². The van der Waals surface area contributed by atoms with Crippen LogP contribution in [-0.4, -0.2) is 75.1 Å². The molecule has 0 aromatic heterocycles. The zero-order chi connectivity index (χ0) is 34.2. The number of amides is 3. The molecule has 0 aliphatic heterocycles. The molecular formula is C30H28ClF3N4O8. The third-order valence-electron chi connectivity index (χ3n) is 8.78. The molecule has 46 heavy (non-hydrogen) atoms. The van der Waals surface area contributed by atoms with E-state index in [9.17, 15) is 52.8 Å². The number of nitrogens with one attached hydrogen (secondary N) is 2. The molecular weight excluding hydrogens is 637 g/mol. The number of aromatic hydroxyl groups is 1. The molecule has 6 atom stereocenters. The molecule has 0 heterocycles. The van der Waals surface area contributed by atoms with Gasteiger partial charge in [-0.05, 0) is 49.8 Å². The molecule has 0 saturated heterocycles. The van der Waals surface area contributed by atoms with Crippen LogP contribution in [0.15, 0.2) is 53.0 Å². The van der Waals surface area contributed by atoms with Crippen LogP contribution >= 0.6 is 11.6 Å². The molecule has 12 nitrogen and oxygen atoms in total. The standard InChI is InChI=1S/C30H28ClF3N4O8/c1-9-11-5-7-14(37-29(46)36-13-6-4-10(31)8-12(13)30(32,33)34)22(39)16(11)24(41)18-15(9)23(40)17-19(25(18)42)26(43)20(28(35)45)27(44)21(17)38(2)3/h4-9,15,17,19,21,23,39-40,42,44H,1-3H3,(H2,35,45)(H2,36,37,46)/t9-,15?,17?,19?,21-,23-/m0/s1. The Balaban J connectivity index is 1.55. The summed E-state index contributed by atoms with van der Waals surface area (Å²) >= 11 is 5.68. The highest BCUT2D eigenvalue weighted by atomic mass is 35.5. The Morgan fingerprint density at radius 3 is 2.20 bits per heavy atom. The van der Waals surface area contributed by atoms with Gasteiger partial charge in [0.2, 0.25) is 0 Å². The van der Waals surface area contributed by atoms with Crippen molar-refractivity contribution in [2.75, 3.05) is 24.7 Å². The summed E-state index contributed by atoms with van der Waals surface area (Å²) in [5.74, 6) is -10.4. The number of nitrogens with zero attached hydrogens (tertiary/aromatic N) is 1. The highest BCUT2D eigenvalue weighted by molar-refractivity contribution is 6.30. The average molecular weight is 665 g/mol. The van der Waals surface area contributed by atoms with E-state index in [1.807, 2.05) is 5.32 Å². The number of benzene rings is 2. The lowest BCUT2D eigenvalue weighted by Crippen LogP contribution is -2.59. The zero-order valence-electron chi connectivity index (χ0n) is 24.3. The number of likely N-dealkylation sites (N-methyl/N-ethyl adjacent to an activating group) is 1. The summed E-state index contributed by atoms with van der Waals surface area (Å²) in [6.45, 7) is 1.59. The van der Waals surface area contributed by atoms with Crippen molar-refractivity contribution in [3.8, 4) is 5.75 Å². The second kappa shape index (κ2) is 11.3. The summed E-state index contributed by atoms with van der Waals surface area (Å²) in [6, 6.07) is 2.90. The number of phenolic OH excluding ortho intramolecular Hbond substituents is 1. The number of carbonyl (C=O) groups is 4. The van der Waals surface area contributed by atoms with E-state index in [4.69, 9.17) is 17.3 Å². The summed E-state index contributed by atoms with van der Waals surface area (Å²) in [7, 11) is 3.03. The molecule has 2 aromatic carbocycles. The van der Waals surface area contributed by atoms with Crippen LogP contribution in [0.1, 0.15) is 34.3 Å². The number of aliphatic hydroxyl groups is 3. The van der Waals surface area contributed by atoms with Crippen molar-refractivity contribution in [1.82, 2.24) is 4.90 Å². The predicted molar refractivity (Wildman–Crippen MR) is 157 cm³/mol. The van der Waals surface area contributed by atoms with Crippen LogP contribution in [0.5, 0.6) is 5.75 Å². The van der Waals surface area contributed by atoms with Gasteiger partial charge in [0.25, 0.3) is 5.91 Å². The summed E-state index contributed by atoms with van der Waals surface area (Å²) < 4.78 is 40.5. The first-order chi connectivity index (χ1) is 21.4. The number of allylic oxidation sites excluding steroid dienone is 1. The number of phenols is 1. The summed E-state index contributed by atoms with van der Waals surface area (Å²) in [5, 5.41) is 49.1. The Morgan fingerprint density at radius 1 is 1.00 bits per heavy atom. The monoisotopic (exact) mass is 664 g/mol. The van der Waals surface area contributed by atoms with E-state index in [1.165, 1.54) is 31.1 Å². The molecule has 3 amide bonds. The molecule has 2 aromatic rings. The van der Waals surface area contributed by atoms with E-state index in [2.05, 4.69) is 5.32 Å². The lowest BCUT2D eigenvalue weighted by atomic mass is 9.57. The van der Waals surface area contributed by atoms with Crippen LogP contribution in [0.4, 0.5) is 29.3 Å². The first-order valence-electron chi connectivity index (χ1n) is 13.8. The molecule has 0 spiro atoms. The Kier molecular flexibility index (Phi) is 8.07. The van der Waals surface area contributed by atoms with Gasteiger partial charge in [-0.2, -0.15) is 13.2 Å². The summed E-state index contributed by atoms with van der Waals surface area (Å²) in [5.41, 5.74) is 1.72. The smallest absolute Gasteiger partial charge is 0.418 e. The first-order valence-corrected chi connectivity index (χ1v) is 14.2. The quantitative estimate of drug-likeness (QED) is 0.187. The number of urea groups is 1. The fraction of sp³-hybridized carbons (Fsp3) is 0.333. The molecule has 3 aliphatic carbocycles. The largest absolute Gasteiger partial charge is 0.511 e. The predicted octanol–water partition coefficient (Wildman–Crippen LogP) is 3.85. The van der Waals surface area contributed by atoms with Gasteiger partial charge in [0.1, 0.15) is 17.1 Å². The molecule has 3 unspecified atom stereocenters. The van der Waals surface area contributed by atoms with E-state index >= 15 is 0 Å². The number of hydrogen-bond donors (Lipinski definition) is 7. The molecule has 5 rings (SSSR count). The maximum absolute atomic E-state index is 13.9. The lowest BCUT2D eigenvalue weighted by molar-refractivity contribution is -0.137. The number of hydrogen-bond acceptors (Lipinski definition) is 9. The van der Waals surface area contributed by atoms with Gasteiger partial charge in [-0.1, -0.05) is 24.6 Å². The second-order valence-corrected chi connectivity index (χ2v) is 12.0. The minimum Gasteiger partial charge on any atom is -0.511 e. The minimum absolute atomic E-state index is 0.200. The van der Waals surface area contributed by atoms with Crippen LogP contribution in [-0.2, 0) is 15.8 Å². The SMILES string of the molecule is C[C@H]1c2ccc(NC(=O)Nc3ccc(Cl)cc3C(F)(F)F)c(O)c2C(=O)C2=C(O)C3C(=O)C(C(N)=O)=C(O)[C@@H](N(C)C)C3[C@@H](O)C21. The number of ketones is 2. The van der Waals surface area contributed by atoms with Gasteiger partial charge in [0, 0.05) is 22.4 Å². The maximum atomic E-state index is 13.9. The minimum atomic E-state index is -4.86. The number of Topliss-reactive ketones (excluding diaryl/α,β-unsaturated/α-hetero) is 2. The second-order valence-electron chi connectivity index (χ2n) is 11.6. The third-order valence-corrected chi connectivity index (χ3v) is 9.01. The number of halogens is 4. The van der Waals surface area contributed by atoms with Gasteiger partial charge < -0.3 is 36.8 Å². The van der Waals surface area contributed by atoms with Crippen LogP contribution in [0.25, 0.3) is 0 Å². The van der Waals surface area contributed by atoms with Crippen molar-refractivity contribution >= 4 is 46.5 Å². The molecule has 16 heteroatoms. The molecule has 244 valence electrons. The van der Waals surface area contributed by atoms with Crippen molar-refractivity contribution in [3.05, 3.63) is 74.7 Å². The highest BCUT2D eigenvalue weighted by Crippen LogP contribution is 2.54. The third kappa shape index (κ3) is 5.04. The molecule has 0 saturated carbocycles. The van der Waals surface area contributed by atoms with E-state index < -0.39 is 111 Å². The van der Waals surface area contributed by atoms with Crippen LogP contribution in [0.3, 0.4) is 0 Å². The van der Waals surface area contributed by atoms with Crippen molar-refractivity contribution in [2.24, 2.45) is 23.5 Å². The van der Waals surface area contributed by atoms with E-state index in [1.54, 1.807) is 6.92 Å². The number of anilines is 2. The van der Waals surface area contributed by atoms with Gasteiger partial charge in [-0.3, -0.25) is 19.3 Å². The molecule has 8 N–H and O–H groups in total. The van der Waals surface area contributed by atoms with E-state index in [-0.39, 0.29) is 16.3 Å². The normalized spacial score (nSPS) is 26.0. The number of aliphatic hydroxyl groups excluding tert-OH is 3. The number of rotatable bonds is 4. The summed E-state index contributed by atoms with van der Waals surface area (Å²) in [4.78, 5) is 53.6. The van der Waals surface area contributed by atoms with Crippen LogP contribution in [0, 0.1) is 17.8 Å². The number of primary amides is 1. The Morgan fingerprint density at radius 2 is 1.61 bits per heavy atom. The van der Waals surface area contributed by atoms with E-state index in [0.29, 0.717) is 6.07 Å². The van der Waals surface area contributed by atoms with Crippen molar-refractivity contribution in [2.45, 2.75) is 31.2 Å². The van der Waals surface area contributed by atoms with Gasteiger partial charge in [0.15, 0.2) is 17.3 Å². The van der Waals surface area contributed by atoms with Gasteiger partial charge in [-0.15, -0.1) is 0 Å². The summed E-state index contributed by atoms with van der Waals surface area (Å²) in [6.07, 6.45) is -6.39. The Hall–Kier alpha value is -4.60. The number of alkyl halides is 3. The lowest BCUT2D eigenvalue weighted by Gasteiger charge is -2.50. The van der Waals surface area contributed by atoms with Crippen LogP contribution in [0.2, 0.25) is 5.02 Å². The van der Waals surface area contributed by atoms with Crippen molar-refractivity contribution < 1.29 is 52.8 Å². The molecule has 0 fully saturated rings.